The van der Waals surface area contributed by atoms with E-state index in [1.165, 1.54) is 0 Å². The van der Waals surface area contributed by atoms with E-state index >= 15 is 0 Å². The van der Waals surface area contributed by atoms with Gasteiger partial charge in [-0.25, -0.2) is 13.1 Å². The second kappa shape index (κ2) is 5.02. The van der Waals surface area contributed by atoms with E-state index < -0.39 is 15.6 Å². The Morgan fingerprint density at radius 3 is 2.35 bits per heavy atom. The molecule has 1 aromatic carbocycles. The Morgan fingerprint density at radius 1 is 1.30 bits per heavy atom. The summed E-state index contributed by atoms with van der Waals surface area (Å²) in [7, 11) is -3.68. The van der Waals surface area contributed by atoms with Crippen molar-refractivity contribution in [2.24, 2.45) is 0 Å². The summed E-state index contributed by atoms with van der Waals surface area (Å²) in [5, 5.41) is 9.43. The van der Waals surface area contributed by atoms with Crippen LogP contribution in [-0.4, -0.2) is 25.7 Å². The molecular weight excluding hydrogens is 276 g/mol. The molecule has 20 heavy (non-hydrogen) atoms. The second-order valence-corrected chi connectivity index (χ2v) is 7.39. The van der Waals surface area contributed by atoms with Crippen LogP contribution in [0.3, 0.4) is 0 Å². The molecule has 6 heteroatoms. The molecule has 4 N–H and O–H groups in total. The lowest BCUT2D eigenvalue weighted by atomic mass is 9.78. The van der Waals surface area contributed by atoms with E-state index in [0.29, 0.717) is 29.7 Å². The van der Waals surface area contributed by atoms with Gasteiger partial charge in [0, 0.05) is 5.69 Å². The Bertz CT molecular complexity index is 629. The molecule has 0 heterocycles. The van der Waals surface area contributed by atoms with Crippen LogP contribution in [0.15, 0.2) is 11.0 Å². The Hall–Kier alpha value is -1.11. The number of aryl methyl sites for hydroxylation is 2. The zero-order valence-electron chi connectivity index (χ0n) is 12.2. The average Bonchev–Trinajstić information content (AvgIpc) is 2.30. The van der Waals surface area contributed by atoms with Gasteiger partial charge in [0.15, 0.2) is 0 Å². The van der Waals surface area contributed by atoms with Crippen LogP contribution in [0, 0.1) is 20.8 Å². The van der Waals surface area contributed by atoms with E-state index in [9.17, 15) is 13.5 Å². The Balaban J connectivity index is 2.47. The molecule has 0 saturated heterocycles. The van der Waals surface area contributed by atoms with E-state index in [1.807, 2.05) is 6.92 Å². The Labute approximate surface area is 120 Å². The van der Waals surface area contributed by atoms with Crippen LogP contribution < -0.4 is 10.5 Å². The predicted molar refractivity (Wildman–Crippen MR) is 79.1 cm³/mol. The van der Waals surface area contributed by atoms with Crippen molar-refractivity contribution < 1.29 is 13.5 Å². The topological polar surface area (TPSA) is 92.4 Å². The third kappa shape index (κ3) is 2.43. The summed E-state index contributed by atoms with van der Waals surface area (Å²) in [4.78, 5) is 0.236. The lowest BCUT2D eigenvalue weighted by Crippen LogP contribution is -2.56. The number of anilines is 1. The smallest absolute Gasteiger partial charge is 0.241 e. The summed E-state index contributed by atoms with van der Waals surface area (Å²) in [5.74, 6) is 0. The Morgan fingerprint density at radius 2 is 1.90 bits per heavy atom. The quantitative estimate of drug-likeness (QED) is 0.732. The highest BCUT2D eigenvalue weighted by atomic mass is 32.2. The third-order valence-electron chi connectivity index (χ3n) is 4.19. The van der Waals surface area contributed by atoms with Gasteiger partial charge < -0.3 is 10.8 Å². The molecule has 0 bridgehead atoms. The third-order valence-corrected chi connectivity index (χ3v) is 6.06. The number of aliphatic hydroxyl groups excluding tert-OH is 1. The molecule has 1 aliphatic carbocycles. The minimum Gasteiger partial charge on any atom is -0.398 e. The first-order chi connectivity index (χ1) is 9.22. The molecule has 0 aromatic heterocycles. The number of nitrogen functional groups attached to an aromatic ring is 1. The lowest BCUT2D eigenvalue weighted by molar-refractivity contribution is 0.110. The molecule has 2 rings (SSSR count). The van der Waals surface area contributed by atoms with E-state index in [2.05, 4.69) is 4.72 Å². The second-order valence-electron chi connectivity index (χ2n) is 5.78. The van der Waals surface area contributed by atoms with Crippen molar-refractivity contribution in [3.05, 3.63) is 22.8 Å². The number of hydrogen-bond acceptors (Lipinski definition) is 4. The average molecular weight is 298 g/mol. The highest BCUT2D eigenvalue weighted by Gasteiger charge is 2.41. The first-order valence-corrected chi connectivity index (χ1v) is 8.22. The fraction of sp³-hybridized carbons (Fsp3) is 0.571. The highest BCUT2D eigenvalue weighted by Crippen LogP contribution is 2.35. The number of benzene rings is 1. The van der Waals surface area contributed by atoms with Crippen molar-refractivity contribution >= 4 is 15.7 Å². The first kappa shape index (κ1) is 15.3. The number of hydrogen-bond donors (Lipinski definition) is 3. The van der Waals surface area contributed by atoms with Gasteiger partial charge in [-0.3, -0.25) is 0 Å². The molecule has 0 radical (unpaired) electrons. The summed E-state index contributed by atoms with van der Waals surface area (Å²) in [6, 6.07) is 1.78. The van der Waals surface area contributed by atoms with E-state index in [-0.39, 0.29) is 11.5 Å². The molecule has 5 nitrogen and oxygen atoms in total. The monoisotopic (exact) mass is 298 g/mol. The van der Waals surface area contributed by atoms with Gasteiger partial charge in [-0.2, -0.15) is 0 Å². The minimum absolute atomic E-state index is 0.175. The van der Waals surface area contributed by atoms with Crippen LogP contribution in [0.4, 0.5) is 5.69 Å². The largest absolute Gasteiger partial charge is 0.398 e. The van der Waals surface area contributed by atoms with Gasteiger partial charge in [0.2, 0.25) is 10.0 Å². The zero-order chi connectivity index (χ0) is 15.1. The van der Waals surface area contributed by atoms with Crippen LogP contribution in [0.25, 0.3) is 0 Å². The number of nitrogens with two attached hydrogens (primary N) is 1. The predicted octanol–water partition coefficient (Wildman–Crippen LogP) is 1.39. The van der Waals surface area contributed by atoms with Crippen LogP contribution >= 0.6 is 0 Å². The fourth-order valence-corrected chi connectivity index (χ4v) is 4.76. The first-order valence-electron chi connectivity index (χ1n) is 6.73. The van der Waals surface area contributed by atoms with Crippen molar-refractivity contribution in [1.29, 1.82) is 0 Å². The molecule has 1 saturated carbocycles. The number of aliphatic hydroxyl groups is 1. The van der Waals surface area contributed by atoms with E-state index in [4.69, 9.17) is 5.73 Å². The van der Waals surface area contributed by atoms with Crippen LogP contribution in [0.5, 0.6) is 0 Å². The molecule has 0 aliphatic heterocycles. The molecule has 0 unspecified atom stereocenters. The maximum atomic E-state index is 12.6. The van der Waals surface area contributed by atoms with Gasteiger partial charge in [0.25, 0.3) is 0 Å². The van der Waals surface area contributed by atoms with Gasteiger partial charge in [-0.15, -0.1) is 0 Å². The number of rotatable bonds is 4. The molecular formula is C14H22N2O3S. The van der Waals surface area contributed by atoms with Crippen LogP contribution in [0.2, 0.25) is 0 Å². The summed E-state index contributed by atoms with van der Waals surface area (Å²) < 4.78 is 27.9. The van der Waals surface area contributed by atoms with Crippen molar-refractivity contribution in [2.75, 3.05) is 12.3 Å². The van der Waals surface area contributed by atoms with E-state index in [0.717, 1.165) is 12.0 Å². The maximum Gasteiger partial charge on any atom is 0.241 e. The van der Waals surface area contributed by atoms with Gasteiger partial charge in [0.05, 0.1) is 17.0 Å². The fourth-order valence-electron chi connectivity index (χ4n) is 2.83. The summed E-state index contributed by atoms with van der Waals surface area (Å²) in [5.41, 5.74) is 7.88. The van der Waals surface area contributed by atoms with Crippen molar-refractivity contribution in [3.63, 3.8) is 0 Å². The van der Waals surface area contributed by atoms with E-state index in [1.54, 1.807) is 19.9 Å². The highest BCUT2D eigenvalue weighted by molar-refractivity contribution is 7.89. The number of sulfonamides is 1. The SMILES string of the molecule is Cc1cc(C)c(S(=O)(=O)NC2(CO)CCC2)c(C)c1N. The normalized spacial score (nSPS) is 17.8. The van der Waals surface area contributed by atoms with Gasteiger partial charge >= 0.3 is 0 Å². The summed E-state index contributed by atoms with van der Waals surface area (Å²) in [6.07, 6.45) is 2.27. The molecule has 0 spiro atoms. The summed E-state index contributed by atoms with van der Waals surface area (Å²) in [6.45, 7) is 5.17. The van der Waals surface area contributed by atoms with Crippen molar-refractivity contribution in [3.8, 4) is 0 Å². The molecule has 0 atom stereocenters. The lowest BCUT2D eigenvalue weighted by Gasteiger charge is -2.40. The number of nitrogens with one attached hydrogen (secondary N) is 1. The van der Waals surface area contributed by atoms with Crippen LogP contribution in [0.1, 0.15) is 36.0 Å². The van der Waals surface area contributed by atoms with Gasteiger partial charge in [-0.05, 0) is 56.7 Å². The molecule has 0 amide bonds. The Kier molecular flexibility index (Phi) is 3.83. The molecule has 1 aliphatic rings. The van der Waals surface area contributed by atoms with Gasteiger partial charge in [0.1, 0.15) is 0 Å². The van der Waals surface area contributed by atoms with Crippen molar-refractivity contribution in [2.45, 2.75) is 50.5 Å². The maximum absolute atomic E-state index is 12.6. The molecule has 112 valence electrons. The minimum atomic E-state index is -3.68. The standard InChI is InChI=1S/C14H22N2O3S/c1-9-7-10(2)13(11(3)12(9)15)20(18,19)16-14(8-17)5-4-6-14/h7,16-17H,4-6,8,15H2,1-3H3. The summed E-state index contributed by atoms with van der Waals surface area (Å²) >= 11 is 0. The molecule has 1 aromatic rings. The van der Waals surface area contributed by atoms with Crippen molar-refractivity contribution in [1.82, 2.24) is 4.72 Å². The van der Waals surface area contributed by atoms with Crippen LogP contribution in [-0.2, 0) is 10.0 Å². The van der Waals surface area contributed by atoms with Gasteiger partial charge in [-0.1, -0.05) is 6.07 Å². The zero-order valence-corrected chi connectivity index (χ0v) is 13.0. The molecule has 1 fully saturated rings.